The Bertz CT molecular complexity index is 957. The number of carbonyl (C=O) groups is 1. The summed E-state index contributed by atoms with van der Waals surface area (Å²) < 4.78 is 0. The maximum Gasteiger partial charge on any atom is 0.324 e. The summed E-state index contributed by atoms with van der Waals surface area (Å²) in [6.45, 7) is 0. The predicted octanol–water partition coefficient (Wildman–Crippen LogP) is 4.24. The maximum absolute atomic E-state index is 12.5. The fourth-order valence-corrected chi connectivity index (χ4v) is 3.44. The van der Waals surface area contributed by atoms with E-state index in [0.29, 0.717) is 17.9 Å². The SMILES string of the molecule is O=C(Nc1cccc(-c2ccccc2)c1)Nc1nccc2c1CC(O)CC2. The minimum atomic E-state index is -0.382. The number of amides is 2. The number of carbonyl (C=O) groups excluding carboxylic acids is 1. The highest BCUT2D eigenvalue weighted by Gasteiger charge is 2.21. The first kappa shape index (κ1) is 17.2. The molecule has 4 rings (SSSR count). The molecular formula is C22H21N3O2. The summed E-state index contributed by atoms with van der Waals surface area (Å²) in [6.07, 6.45) is 3.38. The Hall–Kier alpha value is -3.18. The van der Waals surface area contributed by atoms with Crippen LogP contribution in [0.2, 0.25) is 0 Å². The summed E-state index contributed by atoms with van der Waals surface area (Å²) >= 11 is 0. The van der Waals surface area contributed by atoms with Gasteiger partial charge in [0, 0.05) is 23.9 Å². The number of hydrogen-bond donors (Lipinski definition) is 3. The number of nitrogens with zero attached hydrogens (tertiary/aromatic N) is 1. The number of nitrogens with one attached hydrogen (secondary N) is 2. The first-order chi connectivity index (χ1) is 13.2. The Labute approximate surface area is 158 Å². The largest absolute Gasteiger partial charge is 0.393 e. The quantitative estimate of drug-likeness (QED) is 0.655. The Kier molecular flexibility index (Phi) is 4.85. The Balaban J connectivity index is 1.50. The smallest absolute Gasteiger partial charge is 0.324 e. The van der Waals surface area contributed by atoms with Crippen LogP contribution in [-0.4, -0.2) is 22.2 Å². The van der Waals surface area contributed by atoms with Crippen LogP contribution in [-0.2, 0) is 12.8 Å². The number of fused-ring (bicyclic) bond motifs is 1. The van der Waals surface area contributed by atoms with Gasteiger partial charge in [0.15, 0.2) is 0 Å². The Morgan fingerprint density at radius 2 is 1.81 bits per heavy atom. The van der Waals surface area contributed by atoms with Crippen molar-refractivity contribution in [3.05, 3.63) is 78.0 Å². The van der Waals surface area contributed by atoms with E-state index in [1.165, 1.54) is 0 Å². The molecule has 1 heterocycles. The van der Waals surface area contributed by atoms with Crippen LogP contribution in [0.5, 0.6) is 0 Å². The summed E-state index contributed by atoms with van der Waals surface area (Å²) in [5.41, 5.74) is 4.89. The minimum absolute atomic E-state index is 0.346. The second-order valence-electron chi connectivity index (χ2n) is 6.72. The fourth-order valence-electron chi connectivity index (χ4n) is 3.44. The van der Waals surface area contributed by atoms with Crippen LogP contribution < -0.4 is 10.6 Å². The molecule has 3 N–H and O–H groups in total. The van der Waals surface area contributed by atoms with E-state index < -0.39 is 0 Å². The second-order valence-corrected chi connectivity index (χ2v) is 6.72. The number of hydrogen-bond acceptors (Lipinski definition) is 3. The predicted molar refractivity (Wildman–Crippen MR) is 107 cm³/mol. The molecule has 0 aliphatic heterocycles. The standard InChI is InChI=1S/C22H21N3O2/c26-19-10-9-16-11-12-23-21(20(16)14-19)25-22(27)24-18-8-4-7-17(13-18)15-5-2-1-3-6-15/h1-8,11-13,19,26H,9-10,14H2,(H2,23,24,25,27). The third-order valence-electron chi connectivity index (χ3n) is 4.80. The van der Waals surface area contributed by atoms with E-state index >= 15 is 0 Å². The molecule has 136 valence electrons. The zero-order chi connectivity index (χ0) is 18.6. The van der Waals surface area contributed by atoms with E-state index in [2.05, 4.69) is 15.6 Å². The van der Waals surface area contributed by atoms with Gasteiger partial charge in [0.25, 0.3) is 0 Å². The summed E-state index contributed by atoms with van der Waals surface area (Å²) in [7, 11) is 0. The first-order valence-corrected chi connectivity index (χ1v) is 9.07. The van der Waals surface area contributed by atoms with Gasteiger partial charge in [-0.25, -0.2) is 9.78 Å². The molecule has 1 atom stereocenters. The molecule has 1 aliphatic carbocycles. The maximum atomic E-state index is 12.5. The molecule has 0 spiro atoms. The second kappa shape index (κ2) is 7.60. The van der Waals surface area contributed by atoms with Crippen molar-refractivity contribution in [1.29, 1.82) is 0 Å². The van der Waals surface area contributed by atoms with Gasteiger partial charge < -0.3 is 10.4 Å². The van der Waals surface area contributed by atoms with E-state index in [-0.39, 0.29) is 12.1 Å². The van der Waals surface area contributed by atoms with Gasteiger partial charge in [0.05, 0.1) is 6.10 Å². The number of aryl methyl sites for hydroxylation is 1. The van der Waals surface area contributed by atoms with E-state index in [4.69, 9.17) is 0 Å². The molecule has 3 aromatic rings. The van der Waals surface area contributed by atoms with Crippen LogP contribution in [0.15, 0.2) is 66.9 Å². The molecule has 2 aromatic carbocycles. The van der Waals surface area contributed by atoms with Crippen LogP contribution in [0.4, 0.5) is 16.3 Å². The average Bonchev–Trinajstić information content (AvgIpc) is 2.69. The first-order valence-electron chi connectivity index (χ1n) is 9.07. The molecule has 0 fully saturated rings. The fraction of sp³-hybridized carbons (Fsp3) is 0.182. The lowest BCUT2D eigenvalue weighted by molar-refractivity contribution is 0.158. The van der Waals surface area contributed by atoms with Gasteiger partial charge in [-0.05, 0) is 47.7 Å². The number of pyridine rings is 1. The lowest BCUT2D eigenvalue weighted by Gasteiger charge is -2.22. The van der Waals surface area contributed by atoms with Crippen LogP contribution in [0.1, 0.15) is 17.5 Å². The molecule has 1 aliphatic rings. The lowest BCUT2D eigenvalue weighted by Crippen LogP contribution is -2.25. The zero-order valence-electron chi connectivity index (χ0n) is 14.9. The van der Waals surface area contributed by atoms with Crippen molar-refractivity contribution in [3.8, 4) is 11.1 Å². The molecule has 2 amide bonds. The zero-order valence-corrected chi connectivity index (χ0v) is 14.9. The Morgan fingerprint density at radius 3 is 2.67 bits per heavy atom. The van der Waals surface area contributed by atoms with Gasteiger partial charge in [-0.3, -0.25) is 5.32 Å². The van der Waals surface area contributed by atoms with Crippen LogP contribution in [0, 0.1) is 0 Å². The van der Waals surface area contributed by atoms with Crippen LogP contribution in [0.3, 0.4) is 0 Å². The van der Waals surface area contributed by atoms with Gasteiger partial charge >= 0.3 is 6.03 Å². The molecule has 5 nitrogen and oxygen atoms in total. The van der Waals surface area contributed by atoms with E-state index in [1.807, 2.05) is 60.7 Å². The Morgan fingerprint density at radius 1 is 1.00 bits per heavy atom. The number of rotatable bonds is 3. The number of aliphatic hydroxyl groups is 1. The number of benzene rings is 2. The van der Waals surface area contributed by atoms with E-state index in [9.17, 15) is 9.90 Å². The molecule has 27 heavy (non-hydrogen) atoms. The van der Waals surface area contributed by atoms with Crippen molar-refractivity contribution in [1.82, 2.24) is 4.98 Å². The van der Waals surface area contributed by atoms with Crippen molar-refractivity contribution in [2.24, 2.45) is 0 Å². The number of aromatic nitrogens is 1. The van der Waals surface area contributed by atoms with Crippen molar-refractivity contribution >= 4 is 17.5 Å². The molecule has 0 radical (unpaired) electrons. The molecule has 0 bridgehead atoms. The topological polar surface area (TPSA) is 74.2 Å². The van der Waals surface area contributed by atoms with Gasteiger partial charge in [-0.1, -0.05) is 42.5 Å². The van der Waals surface area contributed by atoms with Crippen molar-refractivity contribution in [3.63, 3.8) is 0 Å². The average molecular weight is 359 g/mol. The monoisotopic (exact) mass is 359 g/mol. The molecular weight excluding hydrogens is 338 g/mol. The summed E-state index contributed by atoms with van der Waals surface area (Å²) in [4.78, 5) is 16.8. The van der Waals surface area contributed by atoms with Crippen molar-refractivity contribution < 1.29 is 9.90 Å². The molecule has 0 saturated carbocycles. The van der Waals surface area contributed by atoms with Crippen LogP contribution in [0.25, 0.3) is 11.1 Å². The van der Waals surface area contributed by atoms with Crippen molar-refractivity contribution in [2.45, 2.75) is 25.4 Å². The van der Waals surface area contributed by atoms with Gasteiger partial charge in [0.1, 0.15) is 5.82 Å². The molecule has 5 heteroatoms. The van der Waals surface area contributed by atoms with E-state index in [1.54, 1.807) is 6.20 Å². The van der Waals surface area contributed by atoms with Gasteiger partial charge in [-0.15, -0.1) is 0 Å². The highest BCUT2D eigenvalue weighted by Crippen LogP contribution is 2.27. The van der Waals surface area contributed by atoms with Crippen LogP contribution >= 0.6 is 0 Å². The highest BCUT2D eigenvalue weighted by atomic mass is 16.3. The van der Waals surface area contributed by atoms with E-state index in [0.717, 1.165) is 35.1 Å². The summed E-state index contributed by atoms with van der Waals surface area (Å²) in [6, 6.07) is 19.3. The molecule has 0 saturated heterocycles. The number of aliphatic hydroxyl groups excluding tert-OH is 1. The number of urea groups is 1. The van der Waals surface area contributed by atoms with Gasteiger partial charge in [0.2, 0.25) is 0 Å². The summed E-state index contributed by atoms with van der Waals surface area (Å²) in [5, 5.41) is 15.6. The third-order valence-corrected chi connectivity index (χ3v) is 4.80. The van der Waals surface area contributed by atoms with Crippen molar-refractivity contribution in [2.75, 3.05) is 10.6 Å². The minimum Gasteiger partial charge on any atom is -0.393 e. The molecule has 1 unspecified atom stereocenters. The number of anilines is 2. The third kappa shape index (κ3) is 3.99. The highest BCUT2D eigenvalue weighted by molar-refractivity contribution is 6.00. The normalized spacial score (nSPS) is 15.7. The summed E-state index contributed by atoms with van der Waals surface area (Å²) in [5.74, 6) is 0.517. The lowest BCUT2D eigenvalue weighted by atomic mass is 9.90. The molecule has 1 aromatic heterocycles. The van der Waals surface area contributed by atoms with Gasteiger partial charge in [-0.2, -0.15) is 0 Å².